The second-order valence-electron chi connectivity index (χ2n) is 8.49. The van der Waals surface area contributed by atoms with Gasteiger partial charge in [-0.25, -0.2) is 0 Å². The summed E-state index contributed by atoms with van der Waals surface area (Å²) >= 11 is 0. The number of aromatic hydroxyl groups is 1. The van der Waals surface area contributed by atoms with Crippen LogP contribution in [-0.4, -0.2) is 29.6 Å². The molecule has 0 unspecified atom stereocenters. The van der Waals surface area contributed by atoms with Crippen LogP contribution in [0.4, 0.5) is 0 Å². The van der Waals surface area contributed by atoms with Crippen LogP contribution in [0.2, 0.25) is 0 Å². The Morgan fingerprint density at radius 2 is 2.05 bits per heavy atom. The number of fused-ring (bicyclic) bond motifs is 1. The summed E-state index contributed by atoms with van der Waals surface area (Å²) in [5.74, 6) is 1.47. The van der Waals surface area contributed by atoms with E-state index < -0.39 is 0 Å². The molecule has 1 aromatic rings. The number of phenols is 1. The first-order valence-electron chi connectivity index (χ1n) is 9.26. The Morgan fingerprint density at radius 3 is 2.91 bits per heavy atom. The summed E-state index contributed by atoms with van der Waals surface area (Å²) in [5, 5.41) is 10.1. The van der Waals surface area contributed by atoms with Crippen LogP contribution in [0.25, 0.3) is 0 Å². The maximum atomic E-state index is 10.1. The third-order valence-electron chi connectivity index (χ3n) is 7.35. The minimum Gasteiger partial charge on any atom is -0.508 e. The topological polar surface area (TPSA) is 23.5 Å². The van der Waals surface area contributed by atoms with E-state index in [2.05, 4.69) is 17.0 Å². The molecule has 118 valence electrons. The number of phenolic OH excluding ortho intramolecular Hbond substituents is 1. The lowest BCUT2D eigenvalue weighted by Crippen LogP contribution is -2.57. The van der Waals surface area contributed by atoms with Gasteiger partial charge >= 0.3 is 0 Å². The summed E-state index contributed by atoms with van der Waals surface area (Å²) in [6, 6.07) is 6.20. The van der Waals surface area contributed by atoms with Crippen LogP contribution in [0.1, 0.15) is 56.1 Å². The molecule has 1 N–H and O–H groups in total. The quantitative estimate of drug-likeness (QED) is 0.896. The zero-order chi connectivity index (χ0) is 14.8. The highest BCUT2D eigenvalue weighted by molar-refractivity contribution is 5.46. The number of rotatable bonds is 2. The third kappa shape index (κ3) is 1.76. The molecule has 3 aliphatic carbocycles. The van der Waals surface area contributed by atoms with Gasteiger partial charge in [-0.3, -0.25) is 0 Å². The standard InChI is InChI=1S/C20H27NO/c22-17-5-4-16-6-9-19-7-1-8-20(19,18(16)12-17)10-11-21(14-19)13-15-2-3-15/h4-5,12,15,22H,1-3,6-11,13-14H2/t19-,20-/m0/s1. The van der Waals surface area contributed by atoms with Crippen LogP contribution in [0, 0.1) is 11.3 Å². The number of aryl methyl sites for hydroxylation is 1. The van der Waals surface area contributed by atoms with Gasteiger partial charge in [0.05, 0.1) is 0 Å². The highest BCUT2D eigenvalue weighted by atomic mass is 16.3. The van der Waals surface area contributed by atoms with E-state index in [9.17, 15) is 5.11 Å². The lowest BCUT2D eigenvalue weighted by Gasteiger charge is -2.57. The van der Waals surface area contributed by atoms with Crippen molar-refractivity contribution >= 4 is 0 Å². The zero-order valence-electron chi connectivity index (χ0n) is 13.5. The Balaban J connectivity index is 1.55. The number of benzene rings is 1. The maximum Gasteiger partial charge on any atom is 0.115 e. The van der Waals surface area contributed by atoms with E-state index in [1.54, 1.807) is 0 Å². The molecular formula is C20H27NO. The van der Waals surface area contributed by atoms with E-state index in [1.807, 2.05) is 6.07 Å². The molecule has 2 saturated carbocycles. The minimum atomic E-state index is 0.374. The smallest absolute Gasteiger partial charge is 0.115 e. The fourth-order valence-corrected chi connectivity index (χ4v) is 6.13. The van der Waals surface area contributed by atoms with Crippen molar-refractivity contribution in [3.63, 3.8) is 0 Å². The molecule has 5 rings (SSSR count). The van der Waals surface area contributed by atoms with Crippen molar-refractivity contribution in [2.45, 2.75) is 56.8 Å². The van der Waals surface area contributed by atoms with Gasteiger partial charge in [-0.15, -0.1) is 0 Å². The van der Waals surface area contributed by atoms with Crippen LogP contribution in [-0.2, 0) is 11.8 Å². The highest BCUT2D eigenvalue weighted by Gasteiger charge is 2.59. The molecule has 0 radical (unpaired) electrons. The Labute approximate surface area is 133 Å². The molecule has 2 heteroatoms. The fraction of sp³-hybridized carbons (Fsp3) is 0.700. The fourth-order valence-electron chi connectivity index (χ4n) is 6.13. The Bertz CT molecular complexity index is 608. The number of hydrogen-bond donors (Lipinski definition) is 1. The molecule has 0 bridgehead atoms. The molecule has 4 aliphatic rings. The first-order valence-corrected chi connectivity index (χ1v) is 9.26. The second-order valence-corrected chi connectivity index (χ2v) is 8.49. The molecule has 1 aromatic carbocycles. The van der Waals surface area contributed by atoms with Crippen molar-refractivity contribution in [3.05, 3.63) is 29.3 Å². The van der Waals surface area contributed by atoms with Crippen molar-refractivity contribution in [2.75, 3.05) is 19.6 Å². The van der Waals surface area contributed by atoms with Gasteiger partial charge in [0, 0.05) is 18.5 Å². The lowest BCUT2D eigenvalue weighted by molar-refractivity contribution is 0.00499. The predicted molar refractivity (Wildman–Crippen MR) is 88.2 cm³/mol. The van der Waals surface area contributed by atoms with E-state index in [4.69, 9.17) is 0 Å². The second kappa shape index (κ2) is 4.50. The van der Waals surface area contributed by atoms with Gasteiger partial charge in [0.1, 0.15) is 5.75 Å². The minimum absolute atomic E-state index is 0.374. The monoisotopic (exact) mass is 297 g/mol. The normalized spacial score (nSPS) is 37.5. The van der Waals surface area contributed by atoms with Crippen LogP contribution in [0.5, 0.6) is 5.75 Å². The average molecular weight is 297 g/mol. The average Bonchev–Trinajstić information content (AvgIpc) is 3.23. The summed E-state index contributed by atoms with van der Waals surface area (Å²) in [6.07, 6.45) is 11.0. The van der Waals surface area contributed by atoms with Crippen molar-refractivity contribution in [1.29, 1.82) is 0 Å². The number of nitrogens with zero attached hydrogens (tertiary/aromatic N) is 1. The van der Waals surface area contributed by atoms with Gasteiger partial charge in [0.25, 0.3) is 0 Å². The summed E-state index contributed by atoms with van der Waals surface area (Å²) in [5.41, 5.74) is 3.91. The van der Waals surface area contributed by atoms with Gasteiger partial charge in [-0.05, 0) is 86.1 Å². The van der Waals surface area contributed by atoms with Gasteiger partial charge in [0.15, 0.2) is 0 Å². The largest absolute Gasteiger partial charge is 0.508 e. The van der Waals surface area contributed by atoms with E-state index >= 15 is 0 Å². The molecule has 1 saturated heterocycles. The SMILES string of the molecule is Oc1ccc2c(c1)[C@@]13CCC[C@]1(CC2)CN(CC1CC1)CC3. The first kappa shape index (κ1) is 13.4. The molecule has 0 aromatic heterocycles. The first-order chi connectivity index (χ1) is 10.7. The summed E-state index contributed by atoms with van der Waals surface area (Å²) in [4.78, 5) is 2.79. The van der Waals surface area contributed by atoms with E-state index in [-0.39, 0.29) is 0 Å². The van der Waals surface area contributed by atoms with Crippen molar-refractivity contribution < 1.29 is 5.11 Å². The molecule has 1 heterocycles. The molecule has 3 fully saturated rings. The Hall–Kier alpha value is -1.02. The Morgan fingerprint density at radius 1 is 1.14 bits per heavy atom. The number of piperidine rings is 1. The molecule has 2 atom stereocenters. The Kier molecular flexibility index (Phi) is 2.75. The number of hydrogen-bond acceptors (Lipinski definition) is 2. The molecule has 0 spiro atoms. The van der Waals surface area contributed by atoms with Crippen molar-refractivity contribution in [3.8, 4) is 5.75 Å². The molecule has 22 heavy (non-hydrogen) atoms. The lowest BCUT2D eigenvalue weighted by atomic mass is 9.52. The molecule has 1 aliphatic heterocycles. The van der Waals surface area contributed by atoms with E-state index in [0.717, 1.165) is 5.92 Å². The molecular weight excluding hydrogens is 270 g/mol. The predicted octanol–water partition coefficient (Wildman–Crippen LogP) is 3.86. The van der Waals surface area contributed by atoms with Crippen LogP contribution in [0.3, 0.4) is 0 Å². The van der Waals surface area contributed by atoms with Crippen molar-refractivity contribution in [2.24, 2.45) is 11.3 Å². The molecule has 2 nitrogen and oxygen atoms in total. The number of likely N-dealkylation sites (tertiary alicyclic amines) is 1. The summed E-state index contributed by atoms with van der Waals surface area (Å²) < 4.78 is 0. The van der Waals surface area contributed by atoms with Gasteiger partial charge in [-0.1, -0.05) is 12.5 Å². The summed E-state index contributed by atoms with van der Waals surface area (Å²) in [6.45, 7) is 3.94. The maximum absolute atomic E-state index is 10.1. The van der Waals surface area contributed by atoms with Gasteiger partial charge < -0.3 is 10.0 Å². The van der Waals surface area contributed by atoms with Crippen LogP contribution >= 0.6 is 0 Å². The van der Waals surface area contributed by atoms with Crippen LogP contribution in [0.15, 0.2) is 18.2 Å². The zero-order valence-corrected chi connectivity index (χ0v) is 13.5. The third-order valence-corrected chi connectivity index (χ3v) is 7.35. The van der Waals surface area contributed by atoms with E-state index in [1.165, 1.54) is 82.1 Å². The highest BCUT2D eigenvalue weighted by Crippen LogP contribution is 2.64. The van der Waals surface area contributed by atoms with Gasteiger partial charge in [0.2, 0.25) is 0 Å². The molecule has 0 amide bonds. The van der Waals surface area contributed by atoms with Crippen molar-refractivity contribution in [1.82, 2.24) is 4.90 Å². The van der Waals surface area contributed by atoms with Crippen LogP contribution < -0.4 is 0 Å². The summed E-state index contributed by atoms with van der Waals surface area (Å²) in [7, 11) is 0. The van der Waals surface area contributed by atoms with E-state index in [0.29, 0.717) is 16.6 Å². The van der Waals surface area contributed by atoms with Gasteiger partial charge in [-0.2, -0.15) is 0 Å².